The highest BCUT2D eigenvalue weighted by atomic mass is 32.2. The Labute approximate surface area is 124 Å². The molecular weight excluding hydrogens is 292 g/mol. The molecule has 0 radical (unpaired) electrons. The minimum absolute atomic E-state index is 0.0121. The van der Waals surface area contributed by atoms with E-state index in [2.05, 4.69) is 0 Å². The summed E-state index contributed by atoms with van der Waals surface area (Å²) in [5.41, 5.74) is 7.10. The van der Waals surface area contributed by atoms with Crippen LogP contribution in [0.1, 0.15) is 25.3 Å². The van der Waals surface area contributed by atoms with Crippen LogP contribution in [0.3, 0.4) is 0 Å². The Morgan fingerprint density at radius 1 is 1.33 bits per heavy atom. The van der Waals surface area contributed by atoms with Crippen molar-refractivity contribution < 1.29 is 17.9 Å². The molecule has 0 amide bonds. The predicted molar refractivity (Wildman–Crippen MR) is 79.8 cm³/mol. The van der Waals surface area contributed by atoms with Gasteiger partial charge >= 0.3 is 5.97 Å². The molecule has 7 heteroatoms. The van der Waals surface area contributed by atoms with Crippen LogP contribution in [0.15, 0.2) is 24.3 Å². The van der Waals surface area contributed by atoms with Crippen LogP contribution >= 0.6 is 0 Å². The van der Waals surface area contributed by atoms with E-state index in [0.29, 0.717) is 5.69 Å². The van der Waals surface area contributed by atoms with Crippen molar-refractivity contribution >= 4 is 21.7 Å². The van der Waals surface area contributed by atoms with E-state index in [0.717, 1.165) is 18.4 Å². The van der Waals surface area contributed by atoms with Crippen LogP contribution in [0.25, 0.3) is 0 Å². The van der Waals surface area contributed by atoms with E-state index in [9.17, 15) is 13.2 Å². The van der Waals surface area contributed by atoms with Crippen LogP contribution < -0.4 is 5.73 Å². The molecule has 116 valence electrons. The van der Waals surface area contributed by atoms with E-state index in [1.54, 1.807) is 31.2 Å². The third-order valence-corrected chi connectivity index (χ3v) is 4.98. The molecule has 6 nitrogen and oxygen atoms in total. The maximum atomic E-state index is 12.4. The summed E-state index contributed by atoms with van der Waals surface area (Å²) in [4.78, 5) is 11.5. The van der Waals surface area contributed by atoms with Crippen LogP contribution in [-0.2, 0) is 26.1 Å². The second-order valence-electron chi connectivity index (χ2n) is 5.08. The summed E-state index contributed by atoms with van der Waals surface area (Å²) < 4.78 is 30.9. The predicted octanol–water partition coefficient (Wildman–Crippen LogP) is 1.13. The number of benzene rings is 1. The van der Waals surface area contributed by atoms with E-state index in [4.69, 9.17) is 10.5 Å². The normalized spacial score (nSPS) is 15.1. The van der Waals surface area contributed by atoms with Gasteiger partial charge in [0.25, 0.3) is 0 Å². The lowest BCUT2D eigenvalue weighted by Gasteiger charge is -2.21. The Morgan fingerprint density at radius 3 is 2.48 bits per heavy atom. The summed E-state index contributed by atoms with van der Waals surface area (Å²) in [6, 6.07) is 7.05. The summed E-state index contributed by atoms with van der Waals surface area (Å²) in [7, 11) is -3.66. The molecule has 21 heavy (non-hydrogen) atoms. The Morgan fingerprint density at radius 2 is 1.95 bits per heavy atom. The zero-order valence-corrected chi connectivity index (χ0v) is 12.8. The Hall–Kier alpha value is -1.60. The topological polar surface area (TPSA) is 89.7 Å². The zero-order chi connectivity index (χ0) is 15.5. The third kappa shape index (κ3) is 4.44. The van der Waals surface area contributed by atoms with Crippen LogP contribution in [0.5, 0.6) is 0 Å². The largest absolute Gasteiger partial charge is 0.465 e. The molecule has 2 rings (SSSR count). The van der Waals surface area contributed by atoms with Gasteiger partial charge in [-0.15, -0.1) is 0 Å². The molecule has 1 fully saturated rings. The quantitative estimate of drug-likeness (QED) is 0.602. The van der Waals surface area contributed by atoms with Crippen LogP contribution in [0.4, 0.5) is 5.69 Å². The van der Waals surface area contributed by atoms with Gasteiger partial charge in [-0.05, 0) is 37.5 Å². The fourth-order valence-corrected chi connectivity index (χ4v) is 3.61. The van der Waals surface area contributed by atoms with E-state index in [1.807, 2.05) is 0 Å². The van der Waals surface area contributed by atoms with Gasteiger partial charge in [0.05, 0.1) is 6.61 Å². The van der Waals surface area contributed by atoms with Crippen molar-refractivity contribution in [1.82, 2.24) is 4.31 Å². The molecule has 0 bridgehead atoms. The molecule has 1 saturated carbocycles. The minimum atomic E-state index is -3.66. The molecular formula is C14H20N2O4S. The summed E-state index contributed by atoms with van der Waals surface area (Å²) in [6.07, 6.45) is 1.66. The minimum Gasteiger partial charge on any atom is -0.465 e. The molecule has 0 heterocycles. The molecule has 0 unspecified atom stereocenters. The number of sulfonamides is 1. The van der Waals surface area contributed by atoms with Gasteiger partial charge in [-0.25, -0.2) is 8.42 Å². The van der Waals surface area contributed by atoms with Gasteiger partial charge in [0, 0.05) is 18.3 Å². The number of nitrogen functional groups attached to an aromatic ring is 1. The summed E-state index contributed by atoms with van der Waals surface area (Å²) in [6.45, 7) is 2.08. The number of rotatable bonds is 7. The maximum Gasteiger partial charge on any atom is 0.322 e. The molecule has 2 N–H and O–H groups in total. The lowest BCUT2D eigenvalue weighted by atomic mass is 10.2. The van der Waals surface area contributed by atoms with E-state index < -0.39 is 21.7 Å². The number of hydrogen-bond donors (Lipinski definition) is 1. The lowest BCUT2D eigenvalue weighted by Crippen LogP contribution is -2.37. The van der Waals surface area contributed by atoms with Crippen LogP contribution in [0.2, 0.25) is 0 Å². The lowest BCUT2D eigenvalue weighted by molar-refractivity contribution is -0.140. The number of hydrogen-bond acceptors (Lipinski definition) is 5. The Bertz CT molecular complexity index is 594. The molecule has 0 spiro atoms. The summed E-state index contributed by atoms with van der Waals surface area (Å²) >= 11 is 0. The first kappa shape index (κ1) is 15.8. The molecule has 0 aliphatic heterocycles. The van der Waals surface area contributed by atoms with Gasteiger partial charge in [0.2, 0.25) is 10.0 Å². The third-order valence-electron chi connectivity index (χ3n) is 3.24. The van der Waals surface area contributed by atoms with Crippen molar-refractivity contribution in [1.29, 1.82) is 0 Å². The molecule has 1 aliphatic rings. The molecule has 1 aliphatic carbocycles. The van der Waals surface area contributed by atoms with Gasteiger partial charge in [-0.1, -0.05) is 12.1 Å². The highest BCUT2D eigenvalue weighted by Crippen LogP contribution is 2.31. The molecule has 0 saturated heterocycles. The van der Waals surface area contributed by atoms with Crippen molar-refractivity contribution in [2.45, 2.75) is 32.4 Å². The second kappa shape index (κ2) is 6.44. The Balaban J connectivity index is 2.11. The first-order valence-electron chi connectivity index (χ1n) is 6.92. The number of nitrogens with two attached hydrogens (primary N) is 1. The average molecular weight is 312 g/mol. The van der Waals surface area contributed by atoms with Crippen molar-refractivity contribution in [3.8, 4) is 0 Å². The van der Waals surface area contributed by atoms with Gasteiger partial charge in [-0.2, -0.15) is 4.31 Å². The van der Waals surface area contributed by atoms with Crippen LogP contribution in [0, 0.1) is 0 Å². The smallest absolute Gasteiger partial charge is 0.322 e. The summed E-state index contributed by atoms with van der Waals surface area (Å²) in [5.74, 6) is -1.31. The first-order chi connectivity index (χ1) is 9.92. The molecule has 0 aromatic heterocycles. The molecule has 0 atom stereocenters. The fourth-order valence-electron chi connectivity index (χ4n) is 2.05. The monoisotopic (exact) mass is 312 g/mol. The van der Waals surface area contributed by atoms with Crippen molar-refractivity contribution in [2.75, 3.05) is 18.1 Å². The highest BCUT2D eigenvalue weighted by Gasteiger charge is 2.38. The maximum absolute atomic E-state index is 12.4. The van der Waals surface area contributed by atoms with Gasteiger partial charge in [0.1, 0.15) is 0 Å². The van der Waals surface area contributed by atoms with Gasteiger partial charge < -0.3 is 10.5 Å². The summed E-state index contributed by atoms with van der Waals surface area (Å²) in [5, 5.41) is 0. The van der Waals surface area contributed by atoms with E-state index in [1.165, 1.54) is 4.31 Å². The number of anilines is 1. The van der Waals surface area contributed by atoms with Crippen LogP contribution in [-0.4, -0.2) is 37.1 Å². The zero-order valence-electron chi connectivity index (χ0n) is 12.0. The fraction of sp³-hybridized carbons (Fsp3) is 0.500. The number of carbonyl (C=O) groups is 1. The van der Waals surface area contributed by atoms with Crippen molar-refractivity contribution in [3.63, 3.8) is 0 Å². The molecule has 1 aromatic carbocycles. The van der Waals surface area contributed by atoms with Gasteiger partial charge in [0.15, 0.2) is 5.75 Å². The number of ether oxygens (including phenoxy) is 1. The highest BCUT2D eigenvalue weighted by molar-refractivity contribution is 7.89. The van der Waals surface area contributed by atoms with Gasteiger partial charge in [-0.3, -0.25) is 4.79 Å². The van der Waals surface area contributed by atoms with E-state index in [-0.39, 0.29) is 19.2 Å². The number of nitrogens with zero attached hydrogens (tertiary/aromatic N) is 1. The first-order valence-corrected chi connectivity index (χ1v) is 8.53. The molecule has 1 aromatic rings. The SMILES string of the molecule is CCOC(=O)CS(=O)(=O)N(Cc1ccc(N)cc1)C1CC1. The van der Waals surface area contributed by atoms with E-state index >= 15 is 0 Å². The Kier molecular flexibility index (Phi) is 4.84. The number of esters is 1. The number of carbonyl (C=O) groups excluding carboxylic acids is 1. The van der Waals surface area contributed by atoms with Crippen molar-refractivity contribution in [3.05, 3.63) is 29.8 Å². The average Bonchev–Trinajstić information content (AvgIpc) is 3.21. The second-order valence-corrected chi connectivity index (χ2v) is 7.00. The van der Waals surface area contributed by atoms with Crippen molar-refractivity contribution in [2.24, 2.45) is 0 Å². The standard InChI is InChI=1S/C14H20N2O4S/c1-2-20-14(17)10-21(18,19)16(13-7-8-13)9-11-3-5-12(15)6-4-11/h3-6,13H,2,7-10,15H2,1H3.